The predicted octanol–water partition coefficient (Wildman–Crippen LogP) is 8.42. The van der Waals surface area contributed by atoms with E-state index < -0.39 is 5.97 Å². The molecule has 6 rings (SSSR count). The number of carboxylic acid groups (broad SMARTS) is 1. The van der Waals surface area contributed by atoms with Crippen molar-refractivity contribution in [3.63, 3.8) is 0 Å². The summed E-state index contributed by atoms with van der Waals surface area (Å²) in [6.07, 6.45) is 14.9. The largest absolute Gasteiger partial charge is 0.478 e. The number of allylic oxidation sites excluding steroid dienone is 3. The van der Waals surface area contributed by atoms with Crippen molar-refractivity contribution in [2.45, 2.75) is 99.3 Å². The maximum absolute atomic E-state index is 11.4. The molecular weight excluding hydrogens is 494 g/mol. The van der Waals surface area contributed by atoms with E-state index in [0.717, 1.165) is 12.1 Å². The fourth-order valence-electron chi connectivity index (χ4n) is 12.3. The normalized spacial score (nSPS) is 45.4. The summed E-state index contributed by atoms with van der Waals surface area (Å²) in [5.74, 6) is 2.11. The minimum absolute atomic E-state index is 0.0288. The fraction of sp³-hybridized carbons (Fsp3) is 0.722. The maximum atomic E-state index is 11.4. The average Bonchev–Trinajstić information content (AvgIpc) is 3.29. The van der Waals surface area contributed by atoms with Gasteiger partial charge in [0.15, 0.2) is 0 Å². The Labute approximate surface area is 241 Å². The monoisotopic (exact) mass is 545 g/mol. The number of nitrogens with zero attached hydrogens (tertiary/aromatic N) is 1. The standard InChI is InChI=1S/C36H51NO3/c1-22(2)24-12-17-36(21-38)19-18-34(6)26(30(24)36)9-11-29-33(5)15-13-25(27-10-8-23(20-37-27)31(39)40)32(3,4)28(33)14-16-35(29,34)7/h8,10,13,20,24,26,28-30,38H,1,9,11-12,14-19,21H2,2-7H3,(H,39,40). The smallest absolute Gasteiger partial charge is 0.337 e. The van der Waals surface area contributed by atoms with Gasteiger partial charge in [-0.05, 0) is 139 Å². The predicted molar refractivity (Wildman–Crippen MR) is 161 cm³/mol. The molecule has 0 saturated heterocycles. The summed E-state index contributed by atoms with van der Waals surface area (Å²) in [6, 6.07) is 3.61. The molecule has 40 heavy (non-hydrogen) atoms. The van der Waals surface area contributed by atoms with E-state index in [1.165, 1.54) is 68.7 Å². The van der Waals surface area contributed by atoms with Crippen molar-refractivity contribution in [1.29, 1.82) is 0 Å². The fourth-order valence-corrected chi connectivity index (χ4v) is 12.3. The van der Waals surface area contributed by atoms with Gasteiger partial charge < -0.3 is 10.2 Å². The van der Waals surface area contributed by atoms with E-state index in [0.29, 0.717) is 36.2 Å². The maximum Gasteiger partial charge on any atom is 0.337 e. The molecular formula is C36H51NO3. The Bertz CT molecular complexity index is 1250. The Balaban J connectivity index is 1.36. The highest BCUT2D eigenvalue weighted by atomic mass is 16.4. The number of aliphatic hydroxyl groups excluding tert-OH is 1. The van der Waals surface area contributed by atoms with Crippen LogP contribution in [0, 0.1) is 56.7 Å². The number of pyridine rings is 1. The van der Waals surface area contributed by atoms with Crippen molar-refractivity contribution in [3.8, 4) is 0 Å². The molecule has 9 unspecified atom stereocenters. The molecule has 1 aromatic heterocycles. The van der Waals surface area contributed by atoms with Crippen molar-refractivity contribution >= 4 is 11.5 Å². The van der Waals surface area contributed by atoms with Gasteiger partial charge in [0.2, 0.25) is 0 Å². The first-order chi connectivity index (χ1) is 18.7. The molecule has 0 aliphatic heterocycles. The number of hydrogen-bond donors (Lipinski definition) is 2. The number of rotatable bonds is 4. The molecule has 1 heterocycles. The highest BCUT2D eigenvalue weighted by Gasteiger charge is 2.70. The average molecular weight is 546 g/mol. The second-order valence-corrected chi connectivity index (χ2v) is 16.0. The van der Waals surface area contributed by atoms with Gasteiger partial charge in [-0.15, -0.1) is 0 Å². The molecule has 5 aliphatic rings. The number of aliphatic hydroxyl groups is 1. The van der Waals surface area contributed by atoms with Crippen LogP contribution in [0.3, 0.4) is 0 Å². The summed E-state index contributed by atoms with van der Waals surface area (Å²) in [5, 5.41) is 20.1. The highest BCUT2D eigenvalue weighted by molar-refractivity contribution is 5.87. The molecule has 2 N–H and O–H groups in total. The molecule has 218 valence electrons. The molecule has 4 saturated carbocycles. The molecule has 0 bridgehead atoms. The Morgan fingerprint density at radius 2 is 1.73 bits per heavy atom. The number of carbonyl (C=O) groups is 1. The molecule has 0 radical (unpaired) electrons. The van der Waals surface area contributed by atoms with Gasteiger partial charge in [-0.25, -0.2) is 4.79 Å². The lowest BCUT2D eigenvalue weighted by Gasteiger charge is -2.72. The van der Waals surface area contributed by atoms with Crippen LogP contribution in [0.2, 0.25) is 0 Å². The second-order valence-electron chi connectivity index (χ2n) is 16.0. The molecule has 1 aromatic rings. The van der Waals surface area contributed by atoms with Crippen LogP contribution in [0.5, 0.6) is 0 Å². The van der Waals surface area contributed by atoms with E-state index in [2.05, 4.69) is 59.2 Å². The highest BCUT2D eigenvalue weighted by Crippen LogP contribution is 2.77. The summed E-state index contributed by atoms with van der Waals surface area (Å²) >= 11 is 0. The molecule has 0 aromatic carbocycles. The van der Waals surface area contributed by atoms with Crippen LogP contribution in [0.1, 0.15) is 115 Å². The van der Waals surface area contributed by atoms with E-state index in [4.69, 9.17) is 0 Å². The van der Waals surface area contributed by atoms with E-state index in [9.17, 15) is 15.0 Å². The third-order valence-electron chi connectivity index (χ3n) is 14.4. The van der Waals surface area contributed by atoms with Crippen LogP contribution in [0.15, 0.2) is 36.6 Å². The first-order valence-electron chi connectivity index (χ1n) is 15.9. The van der Waals surface area contributed by atoms with Crippen LogP contribution in [-0.2, 0) is 0 Å². The lowest BCUT2D eigenvalue weighted by atomic mass is 9.32. The lowest BCUT2D eigenvalue weighted by molar-refractivity contribution is -0.228. The Morgan fingerprint density at radius 3 is 2.35 bits per heavy atom. The van der Waals surface area contributed by atoms with Crippen LogP contribution in [0.4, 0.5) is 0 Å². The van der Waals surface area contributed by atoms with E-state index >= 15 is 0 Å². The van der Waals surface area contributed by atoms with Crippen molar-refractivity contribution in [2.75, 3.05) is 6.61 Å². The quantitative estimate of drug-likeness (QED) is 0.373. The number of fused-ring (bicyclic) bond motifs is 7. The summed E-state index contributed by atoms with van der Waals surface area (Å²) < 4.78 is 0. The second kappa shape index (κ2) is 9.03. The van der Waals surface area contributed by atoms with Gasteiger partial charge in [-0.3, -0.25) is 4.98 Å². The summed E-state index contributed by atoms with van der Waals surface area (Å²) in [7, 11) is 0. The van der Waals surface area contributed by atoms with Gasteiger partial charge >= 0.3 is 5.97 Å². The lowest BCUT2D eigenvalue weighted by Crippen LogP contribution is -2.65. The third-order valence-corrected chi connectivity index (χ3v) is 14.4. The number of aromatic nitrogens is 1. The van der Waals surface area contributed by atoms with Gasteiger partial charge in [0.1, 0.15) is 0 Å². The van der Waals surface area contributed by atoms with Crippen molar-refractivity contribution in [3.05, 3.63) is 47.8 Å². The van der Waals surface area contributed by atoms with Crippen molar-refractivity contribution in [1.82, 2.24) is 4.98 Å². The molecule has 0 amide bonds. The first-order valence-corrected chi connectivity index (χ1v) is 15.9. The van der Waals surface area contributed by atoms with Crippen molar-refractivity contribution in [2.24, 2.45) is 56.7 Å². The Kier molecular flexibility index (Phi) is 6.36. The van der Waals surface area contributed by atoms with Crippen LogP contribution < -0.4 is 0 Å². The van der Waals surface area contributed by atoms with Crippen molar-refractivity contribution < 1.29 is 15.0 Å². The molecule has 5 aliphatic carbocycles. The topological polar surface area (TPSA) is 70.4 Å². The summed E-state index contributed by atoms with van der Waals surface area (Å²) in [6.45, 7) is 19.8. The SMILES string of the molecule is C=C(C)C1CCC2(CO)CCC3(C)C(CCC4C5(C)CC=C(c6ccc(C(=O)O)cn6)C(C)(C)C5CCC43C)C12. The van der Waals surface area contributed by atoms with Crippen LogP contribution >= 0.6 is 0 Å². The number of aromatic carboxylic acids is 1. The zero-order chi connectivity index (χ0) is 28.9. The van der Waals surface area contributed by atoms with Gasteiger partial charge in [0.25, 0.3) is 0 Å². The Morgan fingerprint density at radius 1 is 0.975 bits per heavy atom. The number of hydrogen-bond acceptors (Lipinski definition) is 3. The summed E-state index contributed by atoms with van der Waals surface area (Å²) in [5.41, 5.74) is 4.67. The van der Waals surface area contributed by atoms with Crippen LogP contribution in [-0.4, -0.2) is 27.8 Å². The number of carboxylic acids is 1. The van der Waals surface area contributed by atoms with Gasteiger partial charge in [-0.2, -0.15) is 0 Å². The molecule has 0 spiro atoms. The molecule has 9 atom stereocenters. The Hall–Kier alpha value is -1.94. The summed E-state index contributed by atoms with van der Waals surface area (Å²) in [4.78, 5) is 16.0. The van der Waals surface area contributed by atoms with Crippen LogP contribution in [0.25, 0.3) is 5.57 Å². The van der Waals surface area contributed by atoms with E-state index in [1.807, 2.05) is 6.07 Å². The first kappa shape index (κ1) is 28.2. The van der Waals surface area contributed by atoms with E-state index in [1.54, 1.807) is 6.07 Å². The molecule has 4 heteroatoms. The zero-order valence-electron chi connectivity index (χ0n) is 25.7. The van der Waals surface area contributed by atoms with Gasteiger partial charge in [-0.1, -0.05) is 52.8 Å². The van der Waals surface area contributed by atoms with Gasteiger partial charge in [0.05, 0.1) is 11.3 Å². The molecule has 4 fully saturated rings. The molecule has 4 nitrogen and oxygen atoms in total. The third kappa shape index (κ3) is 3.53. The minimum atomic E-state index is -0.926. The van der Waals surface area contributed by atoms with E-state index in [-0.39, 0.29) is 32.6 Å². The van der Waals surface area contributed by atoms with Gasteiger partial charge in [0, 0.05) is 12.8 Å². The minimum Gasteiger partial charge on any atom is -0.478 e. The zero-order valence-corrected chi connectivity index (χ0v) is 25.7.